The molecule has 2 aromatic carbocycles. The van der Waals surface area contributed by atoms with Crippen LogP contribution in [0.15, 0.2) is 30.3 Å². The van der Waals surface area contributed by atoms with Gasteiger partial charge in [-0.3, -0.25) is 9.69 Å². The lowest BCUT2D eigenvalue weighted by Crippen LogP contribution is -2.43. The topological polar surface area (TPSA) is 85.3 Å². The van der Waals surface area contributed by atoms with Crippen molar-refractivity contribution in [3.8, 4) is 11.5 Å². The SMILES string of the molecule is CNC(=O)Oc1cc(O)c(C(C)C)cc1C(=O)N1Cc2ccc(CN3CCN(C)CC3)cc2C1. The third-order valence-corrected chi connectivity index (χ3v) is 6.67. The van der Waals surface area contributed by atoms with Crippen LogP contribution in [0.5, 0.6) is 11.5 Å². The Morgan fingerprint density at radius 1 is 1.06 bits per heavy atom. The number of hydrogen-bond acceptors (Lipinski definition) is 6. The van der Waals surface area contributed by atoms with Crippen LogP contribution in [-0.4, -0.2) is 72.1 Å². The first-order chi connectivity index (χ1) is 16.2. The maximum absolute atomic E-state index is 13.5. The van der Waals surface area contributed by atoms with Crippen LogP contribution in [-0.2, 0) is 19.6 Å². The summed E-state index contributed by atoms with van der Waals surface area (Å²) in [6.45, 7) is 10.1. The molecule has 2 aromatic rings. The van der Waals surface area contributed by atoms with Crippen molar-refractivity contribution < 1.29 is 19.4 Å². The lowest BCUT2D eigenvalue weighted by Gasteiger charge is -2.32. The van der Waals surface area contributed by atoms with Crippen LogP contribution in [0.3, 0.4) is 0 Å². The van der Waals surface area contributed by atoms with E-state index in [2.05, 4.69) is 40.4 Å². The number of ether oxygens (including phenoxy) is 1. The van der Waals surface area contributed by atoms with Gasteiger partial charge in [0.05, 0.1) is 5.56 Å². The van der Waals surface area contributed by atoms with Crippen molar-refractivity contribution in [2.45, 2.75) is 39.4 Å². The van der Waals surface area contributed by atoms with E-state index in [4.69, 9.17) is 4.74 Å². The van der Waals surface area contributed by atoms with Crippen molar-refractivity contribution in [3.63, 3.8) is 0 Å². The monoisotopic (exact) mass is 466 g/mol. The second-order valence-electron chi connectivity index (χ2n) is 9.55. The van der Waals surface area contributed by atoms with Crippen molar-refractivity contribution in [1.29, 1.82) is 0 Å². The summed E-state index contributed by atoms with van der Waals surface area (Å²) in [5.41, 5.74) is 4.45. The van der Waals surface area contributed by atoms with Crippen molar-refractivity contribution in [2.75, 3.05) is 40.3 Å². The summed E-state index contributed by atoms with van der Waals surface area (Å²) >= 11 is 0. The largest absolute Gasteiger partial charge is 0.508 e. The Bertz CT molecular complexity index is 1080. The number of aromatic hydroxyl groups is 1. The van der Waals surface area contributed by atoms with Gasteiger partial charge >= 0.3 is 6.09 Å². The zero-order valence-electron chi connectivity index (χ0n) is 20.4. The highest BCUT2D eigenvalue weighted by molar-refractivity contribution is 5.98. The summed E-state index contributed by atoms with van der Waals surface area (Å²) in [5.74, 6) is -0.159. The Hall–Kier alpha value is -3.10. The summed E-state index contributed by atoms with van der Waals surface area (Å²) in [5, 5.41) is 12.8. The van der Waals surface area contributed by atoms with Crippen LogP contribution in [0.1, 0.15) is 52.4 Å². The third-order valence-electron chi connectivity index (χ3n) is 6.67. The fraction of sp³-hybridized carbons (Fsp3) is 0.462. The van der Waals surface area contributed by atoms with Gasteiger partial charge in [0.1, 0.15) is 11.5 Å². The lowest BCUT2D eigenvalue weighted by molar-refractivity contribution is 0.0748. The van der Waals surface area contributed by atoms with Gasteiger partial charge in [-0.25, -0.2) is 4.79 Å². The molecule has 34 heavy (non-hydrogen) atoms. The van der Waals surface area contributed by atoms with Crippen LogP contribution in [0.25, 0.3) is 0 Å². The zero-order valence-corrected chi connectivity index (χ0v) is 20.4. The number of benzene rings is 2. The molecule has 1 fully saturated rings. The number of amides is 2. The molecule has 2 heterocycles. The minimum atomic E-state index is -0.691. The fourth-order valence-corrected chi connectivity index (χ4v) is 4.58. The predicted molar refractivity (Wildman–Crippen MR) is 130 cm³/mol. The molecule has 1 saturated heterocycles. The summed E-state index contributed by atoms with van der Waals surface area (Å²) in [6.07, 6.45) is -0.691. The molecular formula is C26H34N4O4. The summed E-state index contributed by atoms with van der Waals surface area (Å²) < 4.78 is 5.31. The summed E-state index contributed by atoms with van der Waals surface area (Å²) in [7, 11) is 3.60. The molecular weight excluding hydrogens is 432 g/mol. The molecule has 2 aliphatic heterocycles. The van der Waals surface area contributed by atoms with Crippen LogP contribution in [0, 0.1) is 0 Å². The molecule has 8 heteroatoms. The van der Waals surface area contributed by atoms with Crippen molar-refractivity contribution in [2.24, 2.45) is 0 Å². The van der Waals surface area contributed by atoms with E-state index in [0.717, 1.165) is 43.9 Å². The molecule has 2 N–H and O–H groups in total. The molecule has 0 saturated carbocycles. The van der Waals surface area contributed by atoms with Gasteiger partial charge in [-0.1, -0.05) is 32.0 Å². The number of likely N-dealkylation sites (N-methyl/N-ethyl adjacent to an activating group) is 1. The van der Waals surface area contributed by atoms with Crippen molar-refractivity contribution in [1.82, 2.24) is 20.0 Å². The van der Waals surface area contributed by atoms with Gasteiger partial charge in [-0.2, -0.15) is 0 Å². The Kier molecular flexibility index (Phi) is 7.09. The smallest absolute Gasteiger partial charge is 0.412 e. The van der Waals surface area contributed by atoms with Crippen LogP contribution in [0.2, 0.25) is 0 Å². The first-order valence-corrected chi connectivity index (χ1v) is 11.8. The molecule has 0 aromatic heterocycles. The highest BCUT2D eigenvalue weighted by Crippen LogP contribution is 2.35. The average Bonchev–Trinajstić information content (AvgIpc) is 3.23. The van der Waals surface area contributed by atoms with Crippen LogP contribution >= 0.6 is 0 Å². The Balaban J connectivity index is 1.53. The van der Waals surface area contributed by atoms with Gasteiger partial charge in [0.2, 0.25) is 0 Å². The number of piperazine rings is 1. The maximum atomic E-state index is 13.5. The molecule has 0 aliphatic carbocycles. The molecule has 182 valence electrons. The molecule has 4 rings (SSSR count). The van der Waals surface area contributed by atoms with Gasteiger partial charge in [-0.05, 0) is 41.3 Å². The second kappa shape index (κ2) is 10.0. The van der Waals surface area contributed by atoms with Gasteiger partial charge < -0.3 is 25.0 Å². The lowest BCUT2D eigenvalue weighted by atomic mass is 9.98. The number of hydrogen-bond donors (Lipinski definition) is 2. The summed E-state index contributed by atoms with van der Waals surface area (Å²) in [4.78, 5) is 32.0. The standard InChI is InChI=1S/C26H34N4O4/c1-17(2)21-12-22(24(13-23(21)31)34-26(33)27-3)25(32)30-15-19-6-5-18(11-20(19)16-30)14-29-9-7-28(4)8-10-29/h5-6,11-13,17,31H,7-10,14-16H2,1-4H3,(H,27,33). The molecule has 0 unspecified atom stereocenters. The minimum absolute atomic E-state index is 0.00343. The quantitative estimate of drug-likeness (QED) is 0.704. The first kappa shape index (κ1) is 24.0. The minimum Gasteiger partial charge on any atom is -0.508 e. The number of carbonyl (C=O) groups is 2. The number of rotatable bonds is 5. The summed E-state index contributed by atoms with van der Waals surface area (Å²) in [6, 6.07) is 9.48. The van der Waals surface area contributed by atoms with E-state index in [1.807, 2.05) is 13.8 Å². The first-order valence-electron chi connectivity index (χ1n) is 11.8. The Morgan fingerprint density at radius 3 is 2.44 bits per heavy atom. The normalized spacial score (nSPS) is 16.6. The van der Waals surface area contributed by atoms with E-state index in [1.54, 1.807) is 11.0 Å². The number of nitrogens with zero attached hydrogens (tertiary/aromatic N) is 3. The van der Waals surface area contributed by atoms with E-state index in [-0.39, 0.29) is 28.9 Å². The molecule has 2 amide bonds. The van der Waals surface area contributed by atoms with E-state index in [1.165, 1.54) is 18.7 Å². The zero-order chi connectivity index (χ0) is 24.4. The molecule has 0 bridgehead atoms. The number of carbonyl (C=O) groups excluding carboxylic acids is 2. The third kappa shape index (κ3) is 5.18. The molecule has 8 nitrogen and oxygen atoms in total. The number of nitrogens with one attached hydrogen (secondary N) is 1. The molecule has 2 aliphatic rings. The number of fused-ring (bicyclic) bond motifs is 1. The fourth-order valence-electron chi connectivity index (χ4n) is 4.58. The molecule has 0 spiro atoms. The van der Waals surface area contributed by atoms with Gasteiger partial charge in [-0.15, -0.1) is 0 Å². The number of phenols is 1. The maximum Gasteiger partial charge on any atom is 0.412 e. The van der Waals surface area contributed by atoms with Crippen molar-refractivity contribution >= 4 is 12.0 Å². The van der Waals surface area contributed by atoms with Crippen LogP contribution in [0.4, 0.5) is 4.79 Å². The van der Waals surface area contributed by atoms with E-state index in [0.29, 0.717) is 18.7 Å². The van der Waals surface area contributed by atoms with Gasteiger partial charge in [0.15, 0.2) is 0 Å². The highest BCUT2D eigenvalue weighted by Gasteiger charge is 2.29. The second-order valence-corrected chi connectivity index (χ2v) is 9.55. The van der Waals surface area contributed by atoms with Gasteiger partial charge in [0, 0.05) is 58.9 Å². The van der Waals surface area contributed by atoms with Crippen molar-refractivity contribution in [3.05, 3.63) is 58.1 Å². The molecule has 0 atom stereocenters. The Labute approximate surface area is 201 Å². The average molecular weight is 467 g/mol. The van der Waals surface area contributed by atoms with E-state index in [9.17, 15) is 14.7 Å². The molecule has 0 radical (unpaired) electrons. The van der Waals surface area contributed by atoms with E-state index >= 15 is 0 Å². The Morgan fingerprint density at radius 2 is 1.76 bits per heavy atom. The predicted octanol–water partition coefficient (Wildman–Crippen LogP) is 3.14. The highest BCUT2D eigenvalue weighted by atomic mass is 16.6. The van der Waals surface area contributed by atoms with Gasteiger partial charge in [0.25, 0.3) is 5.91 Å². The number of phenolic OH excluding ortho intramolecular Hbond substituents is 1. The van der Waals surface area contributed by atoms with E-state index < -0.39 is 6.09 Å². The van der Waals surface area contributed by atoms with Crippen LogP contribution < -0.4 is 10.1 Å².